The summed E-state index contributed by atoms with van der Waals surface area (Å²) in [6.07, 6.45) is -2.58. The summed E-state index contributed by atoms with van der Waals surface area (Å²) in [5.41, 5.74) is 5.22. The van der Waals surface area contributed by atoms with Crippen molar-refractivity contribution in [3.63, 3.8) is 0 Å². The summed E-state index contributed by atoms with van der Waals surface area (Å²) >= 11 is 3.27. The average molecular weight is 496 g/mol. The van der Waals surface area contributed by atoms with Gasteiger partial charge in [0.15, 0.2) is 0 Å². The Balaban J connectivity index is 1.35. The first-order chi connectivity index (χ1) is 15.5. The van der Waals surface area contributed by atoms with Gasteiger partial charge in [0.25, 0.3) is 0 Å². The Morgan fingerprint density at radius 3 is 2.28 bits per heavy atom. The molecule has 164 valence electrons. The van der Waals surface area contributed by atoms with E-state index in [0.29, 0.717) is 21.9 Å². The Morgan fingerprint density at radius 2 is 1.66 bits per heavy atom. The van der Waals surface area contributed by atoms with Crippen molar-refractivity contribution in [2.45, 2.75) is 18.1 Å². The van der Waals surface area contributed by atoms with Gasteiger partial charge in [0.05, 0.1) is 0 Å². The molecule has 0 aliphatic heterocycles. The minimum Gasteiger partial charge on any atom is -0.449 e. The van der Waals surface area contributed by atoms with Crippen molar-refractivity contribution in [1.82, 2.24) is 5.32 Å². The van der Waals surface area contributed by atoms with E-state index in [1.54, 1.807) is 12.1 Å². The van der Waals surface area contributed by atoms with Crippen molar-refractivity contribution in [3.8, 4) is 11.1 Å². The van der Waals surface area contributed by atoms with E-state index in [9.17, 15) is 19.8 Å². The van der Waals surface area contributed by atoms with E-state index in [-0.39, 0.29) is 19.1 Å². The number of halogens is 1. The number of carbonyl (C=O) groups is 2. The van der Waals surface area contributed by atoms with Crippen molar-refractivity contribution in [2.75, 3.05) is 13.2 Å². The first kappa shape index (κ1) is 22.2. The lowest BCUT2D eigenvalue weighted by Gasteiger charge is -2.20. The molecule has 7 heteroatoms. The van der Waals surface area contributed by atoms with Crippen LogP contribution in [0, 0.1) is 0 Å². The molecule has 1 amide bonds. The lowest BCUT2D eigenvalue weighted by atomic mass is 9.98. The van der Waals surface area contributed by atoms with Gasteiger partial charge in [-0.1, -0.05) is 64.5 Å². The molecule has 4 rings (SSSR count). The third-order valence-corrected chi connectivity index (χ3v) is 6.04. The lowest BCUT2D eigenvalue weighted by molar-refractivity contribution is 0.0185. The molecule has 0 fully saturated rings. The van der Waals surface area contributed by atoms with Gasteiger partial charge in [-0.2, -0.15) is 0 Å². The quantitative estimate of drug-likeness (QED) is 0.427. The summed E-state index contributed by atoms with van der Waals surface area (Å²) in [6.45, 7) is -0.0480. The van der Waals surface area contributed by atoms with Crippen molar-refractivity contribution in [2.24, 2.45) is 0 Å². The summed E-state index contributed by atoms with van der Waals surface area (Å²) in [5, 5.41) is 23.2. The minimum atomic E-state index is -1.28. The fourth-order valence-corrected chi connectivity index (χ4v) is 4.57. The molecular weight excluding hydrogens is 474 g/mol. The normalized spacial score (nSPS) is 14.2. The first-order valence-electron chi connectivity index (χ1n) is 10.2. The van der Waals surface area contributed by atoms with Gasteiger partial charge in [-0.15, -0.1) is 0 Å². The van der Waals surface area contributed by atoms with Crippen molar-refractivity contribution < 1.29 is 24.5 Å². The number of ether oxygens (including phenoxy) is 1. The number of aliphatic hydroxyl groups excluding tert-OH is 2. The van der Waals surface area contributed by atoms with Crippen LogP contribution in [-0.2, 0) is 4.74 Å². The van der Waals surface area contributed by atoms with Crippen LogP contribution in [0.1, 0.15) is 39.1 Å². The molecule has 1 aliphatic rings. The van der Waals surface area contributed by atoms with Gasteiger partial charge < -0.3 is 20.3 Å². The maximum atomic E-state index is 12.3. The maximum absolute atomic E-state index is 12.3. The van der Waals surface area contributed by atoms with Gasteiger partial charge in [0, 0.05) is 22.5 Å². The van der Waals surface area contributed by atoms with Gasteiger partial charge in [-0.05, 0) is 46.0 Å². The molecule has 0 heterocycles. The Bertz CT molecular complexity index is 1100. The lowest BCUT2D eigenvalue weighted by Crippen LogP contribution is -2.36. The number of fused-ring (bicyclic) bond motifs is 3. The highest BCUT2D eigenvalue weighted by Crippen LogP contribution is 2.44. The molecule has 0 spiro atoms. The maximum Gasteiger partial charge on any atom is 0.407 e. The van der Waals surface area contributed by atoms with Crippen molar-refractivity contribution in [1.29, 1.82) is 0 Å². The molecule has 1 aliphatic carbocycles. The molecule has 6 nitrogen and oxygen atoms in total. The monoisotopic (exact) mass is 495 g/mol. The number of carbonyl (C=O) groups excluding carboxylic acids is 2. The Morgan fingerprint density at radius 1 is 1.03 bits per heavy atom. The van der Waals surface area contributed by atoms with Crippen LogP contribution in [0.25, 0.3) is 11.1 Å². The summed E-state index contributed by atoms with van der Waals surface area (Å²) in [7, 11) is 0. The SMILES string of the molecule is O=Cc1cc(Br)cc(C(O)C(O)CNC(=O)OCC2c3ccccc3-c3ccccc32)c1. The van der Waals surface area contributed by atoms with Crippen molar-refractivity contribution in [3.05, 3.63) is 93.5 Å². The van der Waals surface area contributed by atoms with Crippen LogP contribution in [-0.4, -0.2) is 41.8 Å². The van der Waals surface area contributed by atoms with Crippen LogP contribution < -0.4 is 5.32 Å². The second-order valence-corrected chi connectivity index (χ2v) is 8.57. The molecule has 0 saturated carbocycles. The number of aldehydes is 1. The molecule has 3 N–H and O–H groups in total. The molecule has 0 radical (unpaired) electrons. The van der Waals surface area contributed by atoms with Crippen LogP contribution in [0.4, 0.5) is 4.79 Å². The molecule has 32 heavy (non-hydrogen) atoms. The van der Waals surface area contributed by atoms with Crippen LogP contribution >= 0.6 is 15.9 Å². The highest BCUT2D eigenvalue weighted by Gasteiger charge is 2.29. The highest BCUT2D eigenvalue weighted by atomic mass is 79.9. The van der Waals surface area contributed by atoms with Crippen LogP contribution in [0.5, 0.6) is 0 Å². The Kier molecular flexibility index (Phi) is 6.69. The number of hydrogen-bond donors (Lipinski definition) is 3. The molecule has 0 saturated heterocycles. The number of alkyl carbamates (subject to hydrolysis) is 1. The Hall–Kier alpha value is -3.00. The minimum absolute atomic E-state index is 0.0629. The topological polar surface area (TPSA) is 95.9 Å². The zero-order valence-corrected chi connectivity index (χ0v) is 18.7. The molecule has 2 atom stereocenters. The van der Waals surface area contributed by atoms with Crippen LogP contribution in [0.3, 0.4) is 0 Å². The zero-order valence-electron chi connectivity index (χ0n) is 17.1. The fourth-order valence-electron chi connectivity index (χ4n) is 4.05. The number of benzene rings is 3. The van der Waals surface area contributed by atoms with Crippen LogP contribution in [0.2, 0.25) is 0 Å². The third kappa shape index (κ3) is 4.60. The number of nitrogens with one attached hydrogen (secondary N) is 1. The second kappa shape index (κ2) is 9.65. The second-order valence-electron chi connectivity index (χ2n) is 7.65. The van der Waals surface area contributed by atoms with Gasteiger partial charge >= 0.3 is 6.09 Å². The van der Waals surface area contributed by atoms with Crippen molar-refractivity contribution >= 4 is 28.3 Å². The predicted octanol–water partition coefficient (Wildman–Crippen LogP) is 4.19. The number of aliphatic hydroxyl groups is 2. The number of hydrogen-bond acceptors (Lipinski definition) is 5. The number of rotatable bonds is 7. The molecule has 3 aromatic carbocycles. The van der Waals surface area contributed by atoms with E-state index >= 15 is 0 Å². The molecular formula is C25H22BrNO5. The zero-order chi connectivity index (χ0) is 22.7. The molecule has 0 bridgehead atoms. The van der Waals surface area contributed by atoms with E-state index in [4.69, 9.17) is 4.74 Å². The number of amides is 1. The standard InChI is InChI=1S/C25H22BrNO5/c26-17-10-15(13-28)9-16(11-17)24(30)23(29)12-27-25(31)32-14-22-20-7-3-1-5-18(20)19-6-2-4-8-21(19)22/h1-11,13,22-24,29-30H,12,14H2,(H,27,31). The molecule has 0 aromatic heterocycles. The van der Waals surface area contributed by atoms with Crippen LogP contribution in [0.15, 0.2) is 71.2 Å². The average Bonchev–Trinajstić information content (AvgIpc) is 3.14. The van der Waals surface area contributed by atoms with E-state index < -0.39 is 18.3 Å². The highest BCUT2D eigenvalue weighted by molar-refractivity contribution is 9.10. The van der Waals surface area contributed by atoms with E-state index in [0.717, 1.165) is 22.3 Å². The van der Waals surface area contributed by atoms with E-state index in [2.05, 4.69) is 33.4 Å². The van der Waals surface area contributed by atoms with E-state index in [1.165, 1.54) is 6.07 Å². The van der Waals surface area contributed by atoms with Gasteiger partial charge in [0.1, 0.15) is 25.1 Å². The smallest absolute Gasteiger partial charge is 0.407 e. The first-order valence-corrected chi connectivity index (χ1v) is 11.0. The predicted molar refractivity (Wildman–Crippen MR) is 124 cm³/mol. The largest absolute Gasteiger partial charge is 0.449 e. The summed E-state index contributed by atoms with van der Waals surface area (Å²) in [4.78, 5) is 23.3. The fraction of sp³-hybridized carbons (Fsp3) is 0.200. The molecule has 2 unspecified atom stereocenters. The van der Waals surface area contributed by atoms with Gasteiger partial charge in [-0.25, -0.2) is 4.79 Å². The summed E-state index contributed by atoms with van der Waals surface area (Å²) in [6, 6.07) is 20.8. The summed E-state index contributed by atoms with van der Waals surface area (Å²) < 4.78 is 6.04. The van der Waals surface area contributed by atoms with Gasteiger partial charge in [-0.3, -0.25) is 4.79 Å². The third-order valence-electron chi connectivity index (χ3n) is 5.58. The van der Waals surface area contributed by atoms with E-state index in [1.807, 2.05) is 36.4 Å². The molecule has 3 aromatic rings. The Labute approximate surface area is 194 Å². The van der Waals surface area contributed by atoms with Gasteiger partial charge in [0.2, 0.25) is 0 Å². The summed E-state index contributed by atoms with van der Waals surface area (Å²) in [5.74, 6) is -0.0629.